The van der Waals surface area contributed by atoms with Crippen LogP contribution in [0, 0.1) is 13.8 Å². The molecule has 0 unspecified atom stereocenters. The molecule has 1 aromatic carbocycles. The van der Waals surface area contributed by atoms with Crippen molar-refractivity contribution in [2.45, 2.75) is 27.1 Å². The first-order valence-corrected chi connectivity index (χ1v) is 10.5. The average Bonchev–Trinajstić information content (AvgIpc) is 3.29. The number of nitrogens with one attached hydrogen (secondary N) is 1. The number of hydrogen-bond acceptors (Lipinski definition) is 8. The lowest BCUT2D eigenvalue weighted by atomic mass is 10.2. The monoisotopic (exact) mass is 409 g/mol. The highest BCUT2D eigenvalue weighted by molar-refractivity contribution is 7.16. The fourth-order valence-electron chi connectivity index (χ4n) is 2.66. The van der Waals surface area contributed by atoms with E-state index in [0.29, 0.717) is 19.0 Å². The van der Waals surface area contributed by atoms with E-state index in [9.17, 15) is 0 Å². The molecule has 8 heteroatoms. The van der Waals surface area contributed by atoms with E-state index in [2.05, 4.69) is 25.3 Å². The number of nitrogens with zero attached hydrogens (tertiary/aromatic N) is 4. The summed E-state index contributed by atoms with van der Waals surface area (Å²) in [5, 5.41) is 7.06. The van der Waals surface area contributed by atoms with Crippen LogP contribution in [0.4, 0.5) is 10.9 Å². The summed E-state index contributed by atoms with van der Waals surface area (Å²) >= 11 is 3.20. The number of ether oxygens (including phenoxy) is 1. The zero-order valence-corrected chi connectivity index (χ0v) is 17.2. The van der Waals surface area contributed by atoms with Gasteiger partial charge in [0.05, 0.1) is 52.6 Å². The standard InChI is InChI=1S/C20H19N5OS2/c1-13-19(28-14(2)23-13)17-12-27-20(24-17)25-18-9-21-16(8-22-18)11-26-10-15-6-4-3-5-7-15/h3-9,12H,10-11H2,1-2H3,(H,22,24,25). The molecule has 6 nitrogen and oxygen atoms in total. The molecule has 1 N–H and O–H groups in total. The van der Waals surface area contributed by atoms with Gasteiger partial charge in [0.2, 0.25) is 0 Å². The molecule has 4 rings (SSSR count). The van der Waals surface area contributed by atoms with Crippen LogP contribution in [0.25, 0.3) is 10.6 Å². The molecule has 0 bridgehead atoms. The van der Waals surface area contributed by atoms with Gasteiger partial charge in [0.25, 0.3) is 0 Å². The second-order valence-corrected chi connectivity index (χ2v) is 8.24. The van der Waals surface area contributed by atoms with Crippen LogP contribution >= 0.6 is 22.7 Å². The van der Waals surface area contributed by atoms with Crippen molar-refractivity contribution in [2.75, 3.05) is 5.32 Å². The maximum atomic E-state index is 5.69. The van der Waals surface area contributed by atoms with Crippen LogP contribution < -0.4 is 5.32 Å². The number of aromatic nitrogens is 4. The second kappa shape index (κ2) is 8.55. The fraction of sp³-hybridized carbons (Fsp3) is 0.200. The predicted octanol–water partition coefficient (Wildman–Crippen LogP) is 5.13. The molecule has 0 aliphatic carbocycles. The number of hydrogen-bond donors (Lipinski definition) is 1. The Morgan fingerprint density at radius 1 is 1.00 bits per heavy atom. The van der Waals surface area contributed by atoms with E-state index >= 15 is 0 Å². The summed E-state index contributed by atoms with van der Waals surface area (Å²) < 4.78 is 5.69. The normalized spacial score (nSPS) is 10.9. The van der Waals surface area contributed by atoms with Crippen LogP contribution in [0.3, 0.4) is 0 Å². The van der Waals surface area contributed by atoms with Crippen LogP contribution in [-0.4, -0.2) is 19.9 Å². The van der Waals surface area contributed by atoms with Crippen molar-refractivity contribution in [3.05, 3.63) is 70.1 Å². The Labute approximate surface area is 171 Å². The van der Waals surface area contributed by atoms with Gasteiger partial charge in [-0.05, 0) is 19.4 Å². The van der Waals surface area contributed by atoms with Crippen LogP contribution in [0.5, 0.6) is 0 Å². The van der Waals surface area contributed by atoms with Crippen molar-refractivity contribution in [2.24, 2.45) is 0 Å². The minimum absolute atomic E-state index is 0.424. The summed E-state index contributed by atoms with van der Waals surface area (Å²) in [6.45, 7) is 5.00. The summed E-state index contributed by atoms with van der Waals surface area (Å²) in [7, 11) is 0. The van der Waals surface area contributed by atoms with Crippen molar-refractivity contribution in [1.29, 1.82) is 0 Å². The molecule has 0 saturated heterocycles. The molecule has 0 aliphatic heterocycles. The maximum Gasteiger partial charge on any atom is 0.188 e. The van der Waals surface area contributed by atoms with Crippen LogP contribution in [-0.2, 0) is 18.0 Å². The van der Waals surface area contributed by atoms with Gasteiger partial charge >= 0.3 is 0 Å². The van der Waals surface area contributed by atoms with Gasteiger partial charge in [-0.2, -0.15) is 0 Å². The molecule has 28 heavy (non-hydrogen) atoms. The Hall–Kier alpha value is -2.68. The van der Waals surface area contributed by atoms with E-state index < -0.39 is 0 Å². The first kappa shape index (κ1) is 18.7. The van der Waals surface area contributed by atoms with Crippen molar-refractivity contribution in [1.82, 2.24) is 19.9 Å². The quantitative estimate of drug-likeness (QED) is 0.456. The largest absolute Gasteiger partial charge is 0.370 e. The summed E-state index contributed by atoms with van der Waals surface area (Å²) in [4.78, 5) is 19.0. The van der Waals surface area contributed by atoms with E-state index in [1.165, 1.54) is 11.3 Å². The highest BCUT2D eigenvalue weighted by atomic mass is 32.1. The van der Waals surface area contributed by atoms with E-state index in [0.717, 1.165) is 37.7 Å². The molecule has 3 heterocycles. The average molecular weight is 410 g/mol. The molecule has 4 aromatic rings. The highest BCUT2D eigenvalue weighted by Gasteiger charge is 2.12. The number of benzene rings is 1. The third-order valence-corrected chi connectivity index (χ3v) is 5.80. The van der Waals surface area contributed by atoms with E-state index in [1.807, 2.05) is 49.6 Å². The number of rotatable bonds is 7. The Kier molecular flexibility index (Phi) is 5.70. The lowest BCUT2D eigenvalue weighted by Gasteiger charge is -2.05. The van der Waals surface area contributed by atoms with Gasteiger partial charge in [0.1, 0.15) is 0 Å². The molecule has 0 radical (unpaired) electrons. The van der Waals surface area contributed by atoms with Gasteiger partial charge in [0.15, 0.2) is 10.9 Å². The molecular formula is C20H19N5OS2. The van der Waals surface area contributed by atoms with Gasteiger partial charge in [-0.3, -0.25) is 4.98 Å². The summed E-state index contributed by atoms with van der Waals surface area (Å²) in [5.74, 6) is 0.657. The maximum absolute atomic E-state index is 5.69. The molecule has 3 aromatic heterocycles. The smallest absolute Gasteiger partial charge is 0.188 e. The fourth-order valence-corrected chi connectivity index (χ4v) is 4.32. The predicted molar refractivity (Wildman–Crippen MR) is 113 cm³/mol. The molecule has 0 amide bonds. The van der Waals surface area contributed by atoms with Crippen LogP contribution in [0.15, 0.2) is 48.1 Å². The number of thiazole rings is 2. The molecule has 142 valence electrons. The van der Waals surface area contributed by atoms with Gasteiger partial charge in [-0.15, -0.1) is 22.7 Å². The van der Waals surface area contributed by atoms with Crippen molar-refractivity contribution in [3.63, 3.8) is 0 Å². The van der Waals surface area contributed by atoms with Crippen LogP contribution in [0.1, 0.15) is 22.0 Å². The number of aryl methyl sites for hydroxylation is 2. The van der Waals surface area contributed by atoms with Crippen molar-refractivity contribution >= 4 is 33.6 Å². The highest BCUT2D eigenvalue weighted by Crippen LogP contribution is 2.32. The third kappa shape index (κ3) is 4.59. The Morgan fingerprint density at radius 3 is 2.57 bits per heavy atom. The molecular weight excluding hydrogens is 390 g/mol. The Bertz CT molecular complexity index is 1040. The lowest BCUT2D eigenvalue weighted by molar-refractivity contribution is 0.104. The van der Waals surface area contributed by atoms with Crippen LogP contribution in [0.2, 0.25) is 0 Å². The van der Waals surface area contributed by atoms with E-state index in [4.69, 9.17) is 4.74 Å². The van der Waals surface area contributed by atoms with Gasteiger partial charge in [-0.25, -0.2) is 15.0 Å². The summed E-state index contributed by atoms with van der Waals surface area (Å²) in [6.07, 6.45) is 3.42. The molecule has 0 spiro atoms. The van der Waals surface area contributed by atoms with Gasteiger partial charge in [-0.1, -0.05) is 30.3 Å². The first-order chi connectivity index (χ1) is 13.7. The molecule has 0 saturated carbocycles. The topological polar surface area (TPSA) is 72.8 Å². The summed E-state index contributed by atoms with van der Waals surface area (Å²) in [5.41, 5.74) is 3.88. The second-order valence-electron chi connectivity index (χ2n) is 6.18. The first-order valence-electron chi connectivity index (χ1n) is 8.77. The molecule has 0 atom stereocenters. The SMILES string of the molecule is Cc1nc(C)c(-c2csc(Nc3cnc(COCc4ccccc4)cn3)n2)s1. The minimum Gasteiger partial charge on any atom is -0.370 e. The third-order valence-electron chi connectivity index (χ3n) is 3.94. The Morgan fingerprint density at radius 2 is 1.86 bits per heavy atom. The molecule has 0 fully saturated rings. The lowest BCUT2D eigenvalue weighted by Crippen LogP contribution is -2.00. The van der Waals surface area contributed by atoms with E-state index in [-0.39, 0.29) is 0 Å². The Balaban J connectivity index is 1.34. The van der Waals surface area contributed by atoms with Crippen molar-refractivity contribution in [3.8, 4) is 10.6 Å². The van der Waals surface area contributed by atoms with Gasteiger partial charge in [0, 0.05) is 5.38 Å². The number of anilines is 2. The molecule has 0 aliphatic rings. The zero-order chi connectivity index (χ0) is 19.3. The van der Waals surface area contributed by atoms with Gasteiger partial charge < -0.3 is 10.1 Å². The van der Waals surface area contributed by atoms with Crippen molar-refractivity contribution < 1.29 is 4.74 Å². The zero-order valence-electron chi connectivity index (χ0n) is 15.5. The van der Waals surface area contributed by atoms with E-state index in [1.54, 1.807) is 23.7 Å². The summed E-state index contributed by atoms with van der Waals surface area (Å²) in [6, 6.07) is 10.1. The minimum atomic E-state index is 0.424.